The predicted octanol–water partition coefficient (Wildman–Crippen LogP) is 6.40. The summed E-state index contributed by atoms with van der Waals surface area (Å²) in [5, 5.41) is 29.5. The average Bonchev–Trinajstić information content (AvgIpc) is 3.17. The van der Waals surface area contributed by atoms with Crippen LogP contribution in [0.5, 0.6) is 11.5 Å². The first-order chi connectivity index (χ1) is 15.8. The molecule has 0 spiro atoms. The van der Waals surface area contributed by atoms with Gasteiger partial charge in [0.25, 0.3) is 0 Å². The van der Waals surface area contributed by atoms with Crippen molar-refractivity contribution in [3.63, 3.8) is 0 Å². The molecule has 0 radical (unpaired) electrons. The molecule has 1 heterocycles. The van der Waals surface area contributed by atoms with Crippen LogP contribution in [0, 0.1) is 27.7 Å². The van der Waals surface area contributed by atoms with Crippen molar-refractivity contribution in [2.24, 2.45) is 0 Å². The number of phenolic OH excluding ortho intramolecular Hbond substituents is 2. The number of nitrogens with zero attached hydrogens (tertiary/aromatic N) is 3. The summed E-state index contributed by atoms with van der Waals surface area (Å²) >= 11 is 0. The molecule has 0 saturated carbocycles. The molecule has 0 fully saturated rings. The Kier molecular flexibility index (Phi) is 4.90. The van der Waals surface area contributed by atoms with Crippen LogP contribution in [0.2, 0.25) is 0 Å². The van der Waals surface area contributed by atoms with Crippen molar-refractivity contribution in [1.29, 1.82) is 0 Å². The second kappa shape index (κ2) is 7.78. The zero-order valence-corrected chi connectivity index (χ0v) is 19.1. The van der Waals surface area contributed by atoms with E-state index >= 15 is 0 Å². The average molecular weight is 436 g/mol. The van der Waals surface area contributed by atoms with E-state index in [9.17, 15) is 10.2 Å². The maximum Gasteiger partial charge on any atom is 0.146 e. The molecule has 5 rings (SSSR count). The second-order valence-corrected chi connectivity index (χ2v) is 8.69. The van der Waals surface area contributed by atoms with Gasteiger partial charge in [-0.1, -0.05) is 47.5 Å². The number of aromatic hydroxyl groups is 2. The van der Waals surface area contributed by atoms with Crippen molar-refractivity contribution >= 4 is 11.0 Å². The number of hydrogen-bond acceptors (Lipinski definition) is 4. The third-order valence-electron chi connectivity index (χ3n) is 6.03. The van der Waals surface area contributed by atoms with E-state index in [2.05, 4.69) is 70.2 Å². The molecule has 0 bridgehead atoms. The molecule has 2 N–H and O–H groups in total. The Bertz CT molecular complexity index is 1530. The molecule has 1 aromatic heterocycles. The summed E-state index contributed by atoms with van der Waals surface area (Å²) in [6, 6.07) is 21.5. The molecule has 164 valence electrons. The van der Waals surface area contributed by atoms with Crippen LogP contribution in [0.4, 0.5) is 0 Å². The van der Waals surface area contributed by atoms with E-state index in [1.54, 1.807) is 6.07 Å². The van der Waals surface area contributed by atoms with Crippen molar-refractivity contribution in [3.8, 4) is 39.4 Å². The molecule has 4 aromatic carbocycles. The van der Waals surface area contributed by atoms with Gasteiger partial charge in [-0.15, -0.1) is 15.0 Å². The number of benzene rings is 4. The van der Waals surface area contributed by atoms with Gasteiger partial charge in [-0.25, -0.2) is 0 Å². The monoisotopic (exact) mass is 435 g/mol. The Hall–Kier alpha value is -4.12. The lowest BCUT2D eigenvalue weighted by Crippen LogP contribution is -1.98. The van der Waals surface area contributed by atoms with Gasteiger partial charge in [-0.05, 0) is 79.8 Å². The third kappa shape index (κ3) is 3.72. The lowest BCUT2D eigenvalue weighted by atomic mass is 9.92. The van der Waals surface area contributed by atoms with Crippen molar-refractivity contribution < 1.29 is 10.2 Å². The highest BCUT2D eigenvalue weighted by Crippen LogP contribution is 2.36. The van der Waals surface area contributed by atoms with E-state index in [4.69, 9.17) is 10.2 Å². The summed E-state index contributed by atoms with van der Waals surface area (Å²) in [4.78, 5) is 1.43. The summed E-state index contributed by atoms with van der Waals surface area (Å²) in [6.07, 6.45) is 0. The van der Waals surface area contributed by atoms with Gasteiger partial charge < -0.3 is 10.2 Å². The van der Waals surface area contributed by atoms with E-state index in [1.807, 2.05) is 6.07 Å². The molecule has 0 unspecified atom stereocenters. The van der Waals surface area contributed by atoms with Crippen molar-refractivity contribution in [2.45, 2.75) is 27.7 Å². The lowest BCUT2D eigenvalue weighted by Gasteiger charge is -2.12. The first-order valence-electron chi connectivity index (χ1n) is 10.9. The fraction of sp³-hybridized carbons (Fsp3) is 0.143. The summed E-state index contributed by atoms with van der Waals surface area (Å²) in [6.45, 7) is 8.40. The molecule has 5 heteroatoms. The SMILES string of the molecule is Cc1ccc(-c2cc(-c3ccc(C)cc3C)c3nn(-c4ccc(O)cc4O)nc3c2)c(C)c1. The topological polar surface area (TPSA) is 71.2 Å². The Morgan fingerprint density at radius 3 is 1.94 bits per heavy atom. The minimum Gasteiger partial charge on any atom is -0.508 e. The number of rotatable bonds is 3. The fourth-order valence-electron chi connectivity index (χ4n) is 4.42. The van der Waals surface area contributed by atoms with Crippen molar-refractivity contribution in [3.05, 3.63) is 89.0 Å². The van der Waals surface area contributed by atoms with Gasteiger partial charge in [0.15, 0.2) is 0 Å². The highest BCUT2D eigenvalue weighted by molar-refractivity contribution is 5.96. The maximum atomic E-state index is 10.4. The molecule has 0 aliphatic rings. The first-order valence-corrected chi connectivity index (χ1v) is 10.9. The Morgan fingerprint density at radius 1 is 0.636 bits per heavy atom. The molecule has 0 saturated heterocycles. The van der Waals surface area contributed by atoms with Gasteiger partial charge in [-0.2, -0.15) is 0 Å². The summed E-state index contributed by atoms with van der Waals surface area (Å²) in [7, 11) is 0. The van der Waals surface area contributed by atoms with Crippen LogP contribution < -0.4 is 0 Å². The highest BCUT2D eigenvalue weighted by Gasteiger charge is 2.17. The predicted molar refractivity (Wildman–Crippen MR) is 132 cm³/mol. The van der Waals surface area contributed by atoms with Crippen molar-refractivity contribution in [2.75, 3.05) is 0 Å². The van der Waals surface area contributed by atoms with Crippen LogP contribution in [0.3, 0.4) is 0 Å². The van der Waals surface area contributed by atoms with Crippen molar-refractivity contribution in [1.82, 2.24) is 15.0 Å². The van der Waals surface area contributed by atoms with E-state index in [0.29, 0.717) is 5.69 Å². The van der Waals surface area contributed by atoms with Gasteiger partial charge in [0.05, 0.1) is 0 Å². The zero-order chi connectivity index (χ0) is 23.3. The van der Waals surface area contributed by atoms with Crippen LogP contribution in [-0.4, -0.2) is 25.2 Å². The number of hydrogen-bond donors (Lipinski definition) is 2. The zero-order valence-electron chi connectivity index (χ0n) is 19.1. The maximum absolute atomic E-state index is 10.4. The minimum absolute atomic E-state index is 0.0129. The minimum atomic E-state index is -0.0852. The molecule has 0 aliphatic carbocycles. The van der Waals surface area contributed by atoms with Crippen LogP contribution in [-0.2, 0) is 0 Å². The van der Waals surface area contributed by atoms with E-state index in [0.717, 1.165) is 38.9 Å². The summed E-state index contributed by atoms with van der Waals surface area (Å²) in [5.41, 5.74) is 11.0. The Labute approximate surface area is 192 Å². The number of fused-ring (bicyclic) bond motifs is 1. The number of aromatic nitrogens is 3. The first kappa shape index (κ1) is 20.8. The van der Waals surface area contributed by atoms with Gasteiger partial charge >= 0.3 is 0 Å². The third-order valence-corrected chi connectivity index (χ3v) is 6.03. The molecular formula is C28H25N3O2. The van der Waals surface area contributed by atoms with Gasteiger partial charge in [0.1, 0.15) is 28.2 Å². The van der Waals surface area contributed by atoms with Crippen LogP contribution in [0.1, 0.15) is 22.3 Å². The highest BCUT2D eigenvalue weighted by atomic mass is 16.3. The van der Waals surface area contributed by atoms with Crippen LogP contribution >= 0.6 is 0 Å². The Balaban J connectivity index is 1.80. The Morgan fingerprint density at radius 2 is 1.30 bits per heavy atom. The van der Waals surface area contributed by atoms with E-state index in [-0.39, 0.29) is 11.5 Å². The van der Waals surface area contributed by atoms with Gasteiger partial charge in [0, 0.05) is 11.6 Å². The van der Waals surface area contributed by atoms with Gasteiger partial charge in [0.2, 0.25) is 0 Å². The molecule has 5 aromatic rings. The van der Waals surface area contributed by atoms with Crippen LogP contribution in [0.25, 0.3) is 39.0 Å². The standard InChI is InChI=1S/C28H25N3O2/c1-16-5-8-22(18(3)11-16)20-13-24(23-9-6-17(2)12-19(23)4)28-25(14-20)29-31(30-28)26-10-7-21(32)15-27(26)33/h5-15,32-33H,1-4H3. The van der Waals surface area contributed by atoms with E-state index < -0.39 is 0 Å². The molecular weight excluding hydrogens is 410 g/mol. The molecule has 5 nitrogen and oxygen atoms in total. The van der Waals surface area contributed by atoms with E-state index in [1.165, 1.54) is 33.6 Å². The molecule has 0 atom stereocenters. The number of phenols is 2. The fourth-order valence-corrected chi connectivity index (χ4v) is 4.42. The summed E-state index contributed by atoms with van der Waals surface area (Å²) in [5.74, 6) is -0.0981. The molecule has 0 amide bonds. The lowest BCUT2D eigenvalue weighted by molar-refractivity contribution is 0.446. The van der Waals surface area contributed by atoms with Crippen LogP contribution in [0.15, 0.2) is 66.7 Å². The quantitative estimate of drug-likeness (QED) is 0.344. The molecule has 33 heavy (non-hydrogen) atoms. The number of aryl methyl sites for hydroxylation is 4. The largest absolute Gasteiger partial charge is 0.508 e. The van der Waals surface area contributed by atoms with Gasteiger partial charge in [-0.3, -0.25) is 0 Å². The second-order valence-electron chi connectivity index (χ2n) is 8.69. The normalized spacial score (nSPS) is 11.3. The molecule has 0 aliphatic heterocycles. The summed E-state index contributed by atoms with van der Waals surface area (Å²) < 4.78 is 0. The smallest absolute Gasteiger partial charge is 0.146 e.